The molecular weight excluding hydrogens is 488 g/mol. The molecule has 0 aliphatic carbocycles. The van der Waals surface area contributed by atoms with Gasteiger partial charge in [-0.05, 0) is 47.5 Å². The molecule has 192 valence electrons. The van der Waals surface area contributed by atoms with Crippen LogP contribution in [0.1, 0.15) is 21.5 Å². The van der Waals surface area contributed by atoms with Gasteiger partial charge in [-0.2, -0.15) is 0 Å². The molecule has 1 aliphatic heterocycles. The molecule has 0 bridgehead atoms. The van der Waals surface area contributed by atoms with Gasteiger partial charge in [0.05, 0.1) is 12.7 Å². The summed E-state index contributed by atoms with van der Waals surface area (Å²) in [6.45, 7) is -0.404. The maximum atomic E-state index is 12.7. The van der Waals surface area contributed by atoms with E-state index in [2.05, 4.69) is 10.3 Å². The van der Waals surface area contributed by atoms with Crippen LogP contribution < -0.4 is 19.5 Å². The Bertz CT molecular complexity index is 1550. The minimum atomic E-state index is -1.15. The first-order chi connectivity index (χ1) is 18.4. The molecule has 5 rings (SSSR count). The second kappa shape index (κ2) is 10.5. The lowest BCUT2D eigenvalue weighted by Crippen LogP contribution is -2.44. The van der Waals surface area contributed by atoms with Crippen LogP contribution in [0.3, 0.4) is 0 Å². The minimum absolute atomic E-state index is 0.114. The number of nitrogens with one attached hydrogen (secondary N) is 2. The fraction of sp³-hybridized carbons (Fsp3) is 0.138. The number of aliphatic carboxylic acids is 1. The minimum Gasteiger partial charge on any atom is -0.497 e. The Kier molecular flexibility index (Phi) is 6.82. The number of para-hydroxylation sites is 1. The van der Waals surface area contributed by atoms with Crippen molar-refractivity contribution in [3.8, 4) is 17.2 Å². The predicted octanol–water partition coefficient (Wildman–Crippen LogP) is 3.98. The number of carbonyl (C=O) groups excluding carboxylic acids is 2. The number of Topliss-reactive ketones (excluding diaryl/α,β-unsaturated/α-hetero) is 1. The molecule has 4 aromatic rings. The van der Waals surface area contributed by atoms with Crippen LogP contribution in [0.15, 0.2) is 78.7 Å². The van der Waals surface area contributed by atoms with Crippen LogP contribution in [-0.4, -0.2) is 47.5 Å². The van der Waals surface area contributed by atoms with E-state index in [1.165, 1.54) is 6.07 Å². The number of methoxy groups -OCH3 is 1. The molecule has 0 saturated heterocycles. The smallest absolute Gasteiger partial charge is 0.326 e. The van der Waals surface area contributed by atoms with Gasteiger partial charge in [0.1, 0.15) is 23.3 Å². The molecule has 9 nitrogen and oxygen atoms in total. The SMILES string of the molecule is COc1ccc(/C=C2\Oc3cc(OCC(=O)N[C@@H](Cc4c[nH]c5ccccc45)C(=O)O)ccc3C2=O)cc1. The number of aromatic amines is 1. The van der Waals surface area contributed by atoms with Crippen molar-refractivity contribution in [2.24, 2.45) is 0 Å². The normalized spacial score (nSPS) is 14.1. The van der Waals surface area contributed by atoms with Crippen LogP contribution in [0.4, 0.5) is 0 Å². The number of ether oxygens (including phenoxy) is 3. The summed E-state index contributed by atoms with van der Waals surface area (Å²) in [7, 11) is 1.58. The Labute approximate surface area is 217 Å². The maximum Gasteiger partial charge on any atom is 0.326 e. The molecule has 0 fully saturated rings. The number of carboxylic acids is 1. The Balaban J connectivity index is 1.20. The Hall–Kier alpha value is -5.05. The van der Waals surface area contributed by atoms with Crippen LogP contribution in [0.25, 0.3) is 17.0 Å². The van der Waals surface area contributed by atoms with Crippen molar-refractivity contribution >= 4 is 34.6 Å². The molecule has 3 N–H and O–H groups in total. The topological polar surface area (TPSA) is 127 Å². The molecule has 1 atom stereocenters. The zero-order chi connectivity index (χ0) is 26.6. The highest BCUT2D eigenvalue weighted by Gasteiger charge is 2.28. The summed E-state index contributed by atoms with van der Waals surface area (Å²) < 4.78 is 16.4. The average Bonchev–Trinajstić information content (AvgIpc) is 3.47. The van der Waals surface area contributed by atoms with E-state index in [1.54, 1.807) is 43.6 Å². The highest BCUT2D eigenvalue weighted by Crippen LogP contribution is 2.35. The Morgan fingerprint density at radius 1 is 1.08 bits per heavy atom. The van der Waals surface area contributed by atoms with E-state index in [0.29, 0.717) is 22.8 Å². The van der Waals surface area contributed by atoms with E-state index in [9.17, 15) is 19.5 Å². The van der Waals surface area contributed by atoms with E-state index in [0.717, 1.165) is 22.0 Å². The standard InChI is InChI=1S/C29H24N2O7/c1-36-19-8-6-17(7-9-19)12-26-28(33)22-11-10-20(14-25(22)38-26)37-16-27(32)31-24(29(34)35)13-18-15-30-23-5-3-2-4-21(18)23/h2-12,14-15,24,30H,13,16H2,1H3,(H,31,32)(H,34,35)/b26-12-/t24-/m0/s1. The third kappa shape index (κ3) is 5.22. The molecule has 0 spiro atoms. The van der Waals surface area contributed by atoms with E-state index >= 15 is 0 Å². The van der Waals surface area contributed by atoms with Crippen molar-refractivity contribution in [1.29, 1.82) is 0 Å². The fourth-order valence-electron chi connectivity index (χ4n) is 4.21. The highest BCUT2D eigenvalue weighted by molar-refractivity contribution is 6.14. The number of rotatable bonds is 9. The first-order valence-corrected chi connectivity index (χ1v) is 11.8. The molecule has 0 radical (unpaired) electrons. The van der Waals surface area contributed by atoms with Gasteiger partial charge in [-0.15, -0.1) is 0 Å². The van der Waals surface area contributed by atoms with Crippen molar-refractivity contribution in [2.75, 3.05) is 13.7 Å². The second-order valence-corrected chi connectivity index (χ2v) is 8.68. The zero-order valence-electron chi connectivity index (χ0n) is 20.4. The van der Waals surface area contributed by atoms with E-state index < -0.39 is 24.5 Å². The lowest BCUT2D eigenvalue weighted by molar-refractivity contribution is -0.142. The number of hydrogen-bond acceptors (Lipinski definition) is 6. The number of fused-ring (bicyclic) bond motifs is 2. The summed E-state index contributed by atoms with van der Waals surface area (Å²) in [5, 5.41) is 13.1. The molecule has 1 aromatic heterocycles. The number of H-pyrrole nitrogens is 1. The van der Waals surface area contributed by atoms with Crippen LogP contribution >= 0.6 is 0 Å². The number of ketones is 1. The fourth-order valence-corrected chi connectivity index (χ4v) is 4.21. The number of hydrogen-bond donors (Lipinski definition) is 3. The van der Waals surface area contributed by atoms with Gasteiger partial charge in [-0.3, -0.25) is 9.59 Å². The molecular formula is C29H24N2O7. The van der Waals surface area contributed by atoms with Crippen LogP contribution in [0.2, 0.25) is 0 Å². The Morgan fingerprint density at radius 3 is 2.61 bits per heavy atom. The molecule has 38 heavy (non-hydrogen) atoms. The average molecular weight is 513 g/mol. The van der Waals surface area contributed by atoms with Gasteiger partial charge >= 0.3 is 5.97 Å². The van der Waals surface area contributed by atoms with Crippen molar-refractivity contribution in [3.05, 3.63) is 95.4 Å². The van der Waals surface area contributed by atoms with Crippen molar-refractivity contribution in [3.63, 3.8) is 0 Å². The predicted molar refractivity (Wildman–Crippen MR) is 139 cm³/mol. The number of allylic oxidation sites excluding steroid dienone is 1. The molecule has 0 unspecified atom stereocenters. The summed E-state index contributed by atoms with van der Waals surface area (Å²) >= 11 is 0. The van der Waals surface area contributed by atoms with Gasteiger partial charge in [-0.25, -0.2) is 4.79 Å². The third-order valence-corrected chi connectivity index (χ3v) is 6.16. The molecule has 1 aliphatic rings. The van der Waals surface area contributed by atoms with Crippen LogP contribution in [0, 0.1) is 0 Å². The third-order valence-electron chi connectivity index (χ3n) is 6.16. The maximum absolute atomic E-state index is 12.7. The summed E-state index contributed by atoms with van der Waals surface area (Å²) in [4.78, 5) is 40.1. The first kappa shape index (κ1) is 24.6. The monoisotopic (exact) mass is 512 g/mol. The quantitative estimate of drug-likeness (QED) is 0.290. The Morgan fingerprint density at radius 2 is 1.84 bits per heavy atom. The van der Waals surface area contributed by atoms with Gasteiger partial charge < -0.3 is 29.6 Å². The molecule has 0 saturated carbocycles. The van der Waals surface area contributed by atoms with Gasteiger partial charge in [-0.1, -0.05) is 30.3 Å². The summed E-state index contributed by atoms with van der Waals surface area (Å²) in [6.07, 6.45) is 3.49. The number of aromatic nitrogens is 1. The largest absolute Gasteiger partial charge is 0.497 e. The number of carbonyl (C=O) groups is 3. The van der Waals surface area contributed by atoms with Crippen molar-refractivity contribution < 1.29 is 33.7 Å². The lowest BCUT2D eigenvalue weighted by Gasteiger charge is -2.15. The number of benzene rings is 3. The van der Waals surface area contributed by atoms with Crippen LogP contribution in [0.5, 0.6) is 17.2 Å². The van der Waals surface area contributed by atoms with E-state index in [1.807, 2.05) is 36.4 Å². The molecule has 2 heterocycles. The lowest BCUT2D eigenvalue weighted by atomic mass is 10.1. The summed E-state index contributed by atoms with van der Waals surface area (Å²) in [6, 6.07) is 18.2. The first-order valence-electron chi connectivity index (χ1n) is 11.8. The summed E-state index contributed by atoms with van der Waals surface area (Å²) in [5.74, 6) is -0.508. The molecule has 9 heteroatoms. The zero-order valence-corrected chi connectivity index (χ0v) is 20.4. The van der Waals surface area contributed by atoms with Gasteiger partial charge in [0.2, 0.25) is 5.78 Å². The number of carboxylic acid groups (broad SMARTS) is 1. The summed E-state index contributed by atoms with van der Waals surface area (Å²) in [5.41, 5.74) is 2.83. The van der Waals surface area contributed by atoms with Crippen molar-refractivity contribution in [1.82, 2.24) is 10.3 Å². The van der Waals surface area contributed by atoms with Gasteiger partial charge in [0, 0.05) is 29.6 Å². The second-order valence-electron chi connectivity index (χ2n) is 8.68. The van der Waals surface area contributed by atoms with Gasteiger partial charge in [0.15, 0.2) is 12.4 Å². The highest BCUT2D eigenvalue weighted by atomic mass is 16.5. The molecule has 3 aromatic carbocycles. The molecule has 1 amide bonds. The number of amides is 1. The van der Waals surface area contributed by atoms with Gasteiger partial charge in [0.25, 0.3) is 5.91 Å². The van der Waals surface area contributed by atoms with Crippen LogP contribution in [-0.2, 0) is 16.0 Å². The van der Waals surface area contributed by atoms with Crippen molar-refractivity contribution in [2.45, 2.75) is 12.5 Å². The van der Waals surface area contributed by atoms with E-state index in [4.69, 9.17) is 14.2 Å². The van der Waals surface area contributed by atoms with E-state index in [-0.39, 0.29) is 18.0 Å².